The maximum Gasteiger partial charge on any atom is 0.264 e. The first-order valence-electron chi connectivity index (χ1n) is 13.3. The van der Waals surface area contributed by atoms with E-state index in [4.69, 9.17) is 27.9 Å². The first kappa shape index (κ1) is 32.2. The van der Waals surface area contributed by atoms with Crippen LogP contribution in [0.3, 0.4) is 0 Å². The van der Waals surface area contributed by atoms with Crippen molar-refractivity contribution in [3.63, 3.8) is 0 Å². The lowest BCUT2D eigenvalue weighted by atomic mass is 10.1. The second kappa shape index (κ2) is 15.1. The second-order valence-corrected chi connectivity index (χ2v) is 12.1. The molecule has 0 bridgehead atoms. The first-order chi connectivity index (χ1) is 19.6. The number of amides is 2. The van der Waals surface area contributed by atoms with Crippen molar-refractivity contribution in [1.82, 2.24) is 10.2 Å². The number of hydrogen-bond acceptors (Lipinski definition) is 5. The van der Waals surface area contributed by atoms with Crippen molar-refractivity contribution in [2.24, 2.45) is 0 Å². The van der Waals surface area contributed by atoms with Gasteiger partial charge in [0.1, 0.15) is 18.3 Å². The molecule has 41 heavy (non-hydrogen) atoms. The molecule has 2 amide bonds. The molecule has 0 fully saturated rings. The third-order valence-corrected chi connectivity index (χ3v) is 8.84. The maximum atomic E-state index is 14.1. The zero-order valence-electron chi connectivity index (χ0n) is 23.3. The zero-order chi connectivity index (χ0) is 30.0. The fourth-order valence-electron chi connectivity index (χ4n) is 4.26. The lowest BCUT2D eigenvalue weighted by Crippen LogP contribution is -2.52. The van der Waals surface area contributed by atoms with Crippen molar-refractivity contribution < 1.29 is 22.7 Å². The summed E-state index contributed by atoms with van der Waals surface area (Å²) >= 11 is 12.7. The molecule has 0 heterocycles. The summed E-state index contributed by atoms with van der Waals surface area (Å²) in [4.78, 5) is 28.8. The minimum Gasteiger partial charge on any atom is -0.497 e. The van der Waals surface area contributed by atoms with Gasteiger partial charge in [0.15, 0.2) is 0 Å². The highest BCUT2D eigenvalue weighted by Gasteiger charge is 2.34. The summed E-state index contributed by atoms with van der Waals surface area (Å²) in [5.74, 6) is -0.235. The fraction of sp³-hybridized carbons (Fsp3) is 0.333. The molecule has 11 heteroatoms. The van der Waals surface area contributed by atoms with E-state index in [-0.39, 0.29) is 33.1 Å². The van der Waals surface area contributed by atoms with Gasteiger partial charge in [-0.3, -0.25) is 13.9 Å². The summed E-state index contributed by atoms with van der Waals surface area (Å²) in [6, 6.07) is 18.5. The maximum absolute atomic E-state index is 14.1. The van der Waals surface area contributed by atoms with Crippen LogP contribution >= 0.6 is 23.2 Å². The fourth-order valence-corrected chi connectivity index (χ4v) is 6.15. The number of carbonyl (C=O) groups is 2. The minimum absolute atomic E-state index is 0.0186. The van der Waals surface area contributed by atoms with Gasteiger partial charge in [-0.2, -0.15) is 0 Å². The largest absolute Gasteiger partial charge is 0.497 e. The molecule has 0 aliphatic heterocycles. The number of benzene rings is 3. The highest BCUT2D eigenvalue weighted by atomic mass is 35.5. The van der Waals surface area contributed by atoms with Gasteiger partial charge in [0.05, 0.1) is 22.7 Å². The molecular formula is C30H35Cl2N3O5S. The Morgan fingerprint density at radius 2 is 1.66 bits per heavy atom. The quantitative estimate of drug-likeness (QED) is 0.226. The number of nitrogens with zero attached hydrogens (tertiary/aromatic N) is 2. The second-order valence-electron chi connectivity index (χ2n) is 9.36. The summed E-state index contributed by atoms with van der Waals surface area (Å²) in [7, 11) is -2.69. The average molecular weight is 621 g/mol. The van der Waals surface area contributed by atoms with Gasteiger partial charge < -0.3 is 15.0 Å². The number of hydrogen-bond donors (Lipinski definition) is 1. The lowest BCUT2D eigenvalue weighted by molar-refractivity contribution is -0.140. The molecule has 1 atom stereocenters. The van der Waals surface area contributed by atoms with Crippen LogP contribution in [0.4, 0.5) is 5.69 Å². The number of rotatable bonds is 14. The van der Waals surface area contributed by atoms with Crippen molar-refractivity contribution >= 4 is 50.7 Å². The Balaban J connectivity index is 2.06. The molecule has 0 unspecified atom stereocenters. The van der Waals surface area contributed by atoms with E-state index in [1.807, 2.05) is 13.8 Å². The highest BCUT2D eigenvalue weighted by molar-refractivity contribution is 7.92. The normalized spacial score (nSPS) is 11.9. The van der Waals surface area contributed by atoms with E-state index in [0.717, 1.165) is 22.7 Å². The summed E-state index contributed by atoms with van der Waals surface area (Å²) in [6.45, 7) is 3.77. The number of ether oxygens (including phenoxy) is 1. The van der Waals surface area contributed by atoms with Gasteiger partial charge in [0.25, 0.3) is 10.0 Å². The standard InChI is InChI=1S/C30H35Cl2N3O5S/c1-4-6-18-33-30(37)27(5-2)34(20-22-12-15-24(40-3)16-13-22)29(36)21-35(28-19-23(31)14-17-26(28)32)41(38,39)25-10-8-7-9-11-25/h7-17,19,27H,4-6,18,20-21H2,1-3H3,(H,33,37)/t27-/m0/s1. The van der Waals surface area contributed by atoms with Gasteiger partial charge in [-0.05, 0) is 60.9 Å². The molecule has 220 valence electrons. The van der Waals surface area contributed by atoms with Gasteiger partial charge in [-0.1, -0.05) is 73.8 Å². The lowest BCUT2D eigenvalue weighted by Gasteiger charge is -2.33. The zero-order valence-corrected chi connectivity index (χ0v) is 25.7. The minimum atomic E-state index is -4.25. The van der Waals surface area contributed by atoms with E-state index in [2.05, 4.69) is 5.32 Å². The Bertz CT molecular complexity index is 1420. The Kier molecular flexibility index (Phi) is 11.9. The number of sulfonamides is 1. The van der Waals surface area contributed by atoms with E-state index in [9.17, 15) is 18.0 Å². The van der Waals surface area contributed by atoms with E-state index in [0.29, 0.717) is 18.7 Å². The molecule has 0 saturated heterocycles. The molecular weight excluding hydrogens is 585 g/mol. The van der Waals surface area contributed by atoms with Crippen molar-refractivity contribution in [3.8, 4) is 5.75 Å². The number of nitrogens with one attached hydrogen (secondary N) is 1. The molecule has 0 spiro atoms. The van der Waals surface area contributed by atoms with Gasteiger partial charge in [0.2, 0.25) is 11.8 Å². The van der Waals surface area contributed by atoms with Crippen LogP contribution in [0.5, 0.6) is 5.75 Å². The van der Waals surface area contributed by atoms with E-state index in [1.54, 1.807) is 49.6 Å². The van der Waals surface area contributed by atoms with Crippen LogP contribution in [0.1, 0.15) is 38.7 Å². The number of unbranched alkanes of at least 4 members (excludes halogenated alkanes) is 1. The Hall–Kier alpha value is -3.27. The molecule has 0 aliphatic carbocycles. The third kappa shape index (κ3) is 8.38. The van der Waals surface area contributed by atoms with Crippen LogP contribution in [0.2, 0.25) is 10.0 Å². The molecule has 3 rings (SSSR count). The molecule has 0 saturated carbocycles. The average Bonchev–Trinajstić information content (AvgIpc) is 2.98. The van der Waals surface area contributed by atoms with Crippen LogP contribution in [0, 0.1) is 0 Å². The molecule has 8 nitrogen and oxygen atoms in total. The van der Waals surface area contributed by atoms with Crippen molar-refractivity contribution in [2.45, 2.75) is 50.6 Å². The van der Waals surface area contributed by atoms with Crippen LogP contribution in [0.25, 0.3) is 0 Å². The van der Waals surface area contributed by atoms with Crippen molar-refractivity contribution in [1.29, 1.82) is 0 Å². The van der Waals surface area contributed by atoms with Crippen LogP contribution < -0.4 is 14.4 Å². The molecule has 3 aromatic carbocycles. The predicted molar refractivity (Wildman–Crippen MR) is 163 cm³/mol. The molecule has 0 aromatic heterocycles. The molecule has 0 radical (unpaired) electrons. The third-order valence-electron chi connectivity index (χ3n) is 6.51. The Morgan fingerprint density at radius 1 is 0.976 bits per heavy atom. The Morgan fingerprint density at radius 3 is 2.27 bits per heavy atom. The molecule has 0 aliphatic rings. The van der Waals surface area contributed by atoms with E-state index < -0.39 is 28.5 Å². The van der Waals surface area contributed by atoms with E-state index in [1.165, 1.54) is 35.2 Å². The summed E-state index contributed by atoms with van der Waals surface area (Å²) in [5.41, 5.74) is 0.804. The number of methoxy groups -OCH3 is 1. The summed E-state index contributed by atoms with van der Waals surface area (Å²) in [5, 5.41) is 3.26. The Labute approximate surface area is 252 Å². The van der Waals surface area contributed by atoms with Gasteiger partial charge >= 0.3 is 0 Å². The van der Waals surface area contributed by atoms with Crippen molar-refractivity contribution in [2.75, 3.05) is 24.5 Å². The predicted octanol–water partition coefficient (Wildman–Crippen LogP) is 5.92. The summed E-state index contributed by atoms with van der Waals surface area (Å²) < 4.78 is 34.0. The SMILES string of the molecule is CCCCNC(=O)[C@H](CC)N(Cc1ccc(OC)cc1)C(=O)CN(c1cc(Cl)ccc1Cl)S(=O)(=O)c1ccccc1. The van der Waals surface area contributed by atoms with Gasteiger partial charge in [-0.25, -0.2) is 8.42 Å². The molecule has 3 aromatic rings. The van der Waals surface area contributed by atoms with Gasteiger partial charge in [0, 0.05) is 18.1 Å². The summed E-state index contributed by atoms with van der Waals surface area (Å²) in [6.07, 6.45) is 2.02. The monoisotopic (exact) mass is 619 g/mol. The topological polar surface area (TPSA) is 96.0 Å². The first-order valence-corrected chi connectivity index (χ1v) is 15.5. The van der Waals surface area contributed by atoms with Gasteiger partial charge in [-0.15, -0.1) is 0 Å². The molecule has 1 N–H and O–H groups in total. The van der Waals surface area contributed by atoms with Crippen LogP contribution in [-0.4, -0.2) is 51.4 Å². The number of halogens is 2. The number of carbonyl (C=O) groups excluding carboxylic acids is 2. The van der Waals surface area contributed by atoms with Crippen molar-refractivity contribution in [3.05, 3.63) is 88.4 Å². The van der Waals surface area contributed by atoms with Crippen LogP contribution in [-0.2, 0) is 26.2 Å². The number of anilines is 1. The van der Waals surface area contributed by atoms with E-state index >= 15 is 0 Å². The highest BCUT2D eigenvalue weighted by Crippen LogP contribution is 2.33. The smallest absolute Gasteiger partial charge is 0.264 e. The van der Waals surface area contributed by atoms with Crippen LogP contribution in [0.15, 0.2) is 77.7 Å².